The molecule has 0 amide bonds. The SMILES string of the molecule is COc1c(C)ccc(C(O)(C(F)(F)F)C(F)(F)F)c1OC. The number of aliphatic hydroxyl groups is 1. The van der Waals surface area contributed by atoms with Gasteiger partial charge in [0.05, 0.1) is 14.2 Å². The van der Waals surface area contributed by atoms with Crippen LogP contribution in [-0.2, 0) is 5.60 Å². The third-order valence-corrected chi connectivity index (χ3v) is 2.93. The van der Waals surface area contributed by atoms with Crippen molar-refractivity contribution in [1.29, 1.82) is 0 Å². The van der Waals surface area contributed by atoms with Gasteiger partial charge in [-0.2, -0.15) is 26.3 Å². The lowest BCUT2D eigenvalue weighted by Crippen LogP contribution is -2.54. The Morgan fingerprint density at radius 1 is 0.857 bits per heavy atom. The van der Waals surface area contributed by atoms with Crippen molar-refractivity contribution in [3.63, 3.8) is 0 Å². The van der Waals surface area contributed by atoms with Crippen LogP contribution in [0.2, 0.25) is 0 Å². The Bertz CT molecular complexity index is 507. The fourth-order valence-electron chi connectivity index (χ4n) is 1.87. The first-order chi connectivity index (χ1) is 9.41. The number of rotatable bonds is 3. The van der Waals surface area contributed by atoms with Gasteiger partial charge in [-0.25, -0.2) is 0 Å². The molecule has 0 spiro atoms. The van der Waals surface area contributed by atoms with Crippen LogP contribution in [-0.4, -0.2) is 31.7 Å². The molecule has 0 aliphatic rings. The number of alkyl halides is 6. The minimum absolute atomic E-state index is 0.254. The fourth-order valence-corrected chi connectivity index (χ4v) is 1.87. The molecule has 9 heteroatoms. The third kappa shape index (κ3) is 2.61. The molecule has 0 aliphatic carbocycles. The molecule has 0 fully saturated rings. The summed E-state index contributed by atoms with van der Waals surface area (Å²) in [5, 5.41) is 9.39. The Hall–Kier alpha value is -1.64. The standard InChI is InChI=1S/C12H12F6O3/c1-6-4-5-7(9(21-3)8(6)20-2)10(19,11(13,14)15)12(16,17)18/h4-5,19H,1-3H3. The van der Waals surface area contributed by atoms with Crippen LogP contribution in [0.5, 0.6) is 11.5 Å². The molecule has 0 bridgehead atoms. The monoisotopic (exact) mass is 318 g/mol. The van der Waals surface area contributed by atoms with Crippen molar-refractivity contribution in [3.05, 3.63) is 23.3 Å². The van der Waals surface area contributed by atoms with E-state index in [0.29, 0.717) is 6.07 Å². The minimum atomic E-state index is -5.99. The summed E-state index contributed by atoms with van der Waals surface area (Å²) in [5.41, 5.74) is -6.29. The molecule has 1 N–H and O–H groups in total. The highest BCUT2D eigenvalue weighted by Crippen LogP contribution is 2.54. The molecule has 0 radical (unpaired) electrons. The molecule has 1 aromatic carbocycles. The quantitative estimate of drug-likeness (QED) is 0.869. The van der Waals surface area contributed by atoms with Crippen molar-refractivity contribution < 1.29 is 40.9 Å². The Labute approximate surface area is 116 Å². The van der Waals surface area contributed by atoms with Gasteiger partial charge in [-0.05, 0) is 12.5 Å². The van der Waals surface area contributed by atoms with E-state index in [0.717, 1.165) is 20.3 Å². The van der Waals surface area contributed by atoms with Crippen LogP contribution in [0.4, 0.5) is 26.3 Å². The summed E-state index contributed by atoms with van der Waals surface area (Å²) in [6, 6.07) is 1.48. The van der Waals surface area contributed by atoms with E-state index in [1.807, 2.05) is 0 Å². The van der Waals surface area contributed by atoms with E-state index in [9.17, 15) is 31.4 Å². The lowest BCUT2D eigenvalue weighted by atomic mass is 9.90. The Balaban J connectivity index is 3.77. The highest BCUT2D eigenvalue weighted by Gasteiger charge is 2.72. The molecule has 3 nitrogen and oxygen atoms in total. The predicted octanol–water partition coefficient (Wildman–Crippen LogP) is 3.32. The number of halogens is 6. The zero-order valence-corrected chi connectivity index (χ0v) is 11.2. The summed E-state index contributed by atoms with van der Waals surface area (Å²) in [6.45, 7) is 1.41. The highest BCUT2D eigenvalue weighted by atomic mass is 19.4. The average molecular weight is 318 g/mol. The van der Waals surface area contributed by atoms with Gasteiger partial charge in [0.1, 0.15) is 0 Å². The van der Waals surface area contributed by atoms with Gasteiger partial charge < -0.3 is 14.6 Å². The molecule has 0 atom stereocenters. The van der Waals surface area contributed by atoms with Crippen LogP contribution in [0.3, 0.4) is 0 Å². The zero-order valence-electron chi connectivity index (χ0n) is 11.2. The maximum atomic E-state index is 12.9. The van der Waals surface area contributed by atoms with Gasteiger partial charge in [-0.1, -0.05) is 12.1 Å². The van der Waals surface area contributed by atoms with Crippen molar-refractivity contribution in [2.75, 3.05) is 14.2 Å². The number of aryl methyl sites for hydroxylation is 1. The summed E-state index contributed by atoms with van der Waals surface area (Å²) >= 11 is 0. The van der Waals surface area contributed by atoms with E-state index in [2.05, 4.69) is 4.74 Å². The van der Waals surface area contributed by atoms with Crippen molar-refractivity contribution in [2.45, 2.75) is 24.9 Å². The van der Waals surface area contributed by atoms with E-state index in [-0.39, 0.29) is 11.3 Å². The first-order valence-corrected chi connectivity index (χ1v) is 5.49. The molecule has 120 valence electrons. The zero-order chi connectivity index (χ0) is 16.6. The fraction of sp³-hybridized carbons (Fsp3) is 0.500. The van der Waals surface area contributed by atoms with Gasteiger partial charge in [-0.3, -0.25) is 0 Å². The summed E-state index contributed by atoms with van der Waals surface area (Å²) in [5.74, 6) is -1.14. The molecular formula is C12H12F6O3. The van der Waals surface area contributed by atoms with Crippen molar-refractivity contribution in [1.82, 2.24) is 0 Å². The summed E-state index contributed by atoms with van der Waals surface area (Å²) < 4.78 is 86.6. The van der Waals surface area contributed by atoms with Gasteiger partial charge in [0.25, 0.3) is 5.60 Å². The van der Waals surface area contributed by atoms with Crippen LogP contribution in [0.25, 0.3) is 0 Å². The van der Waals surface area contributed by atoms with Crippen molar-refractivity contribution in [2.24, 2.45) is 0 Å². The number of methoxy groups -OCH3 is 2. The van der Waals surface area contributed by atoms with Crippen LogP contribution < -0.4 is 9.47 Å². The first kappa shape index (κ1) is 17.4. The molecule has 1 rings (SSSR count). The molecule has 0 aliphatic heterocycles. The normalized spacial score (nSPS) is 13.2. The summed E-state index contributed by atoms with van der Waals surface area (Å²) in [7, 11) is 1.95. The van der Waals surface area contributed by atoms with Crippen LogP contribution in [0.15, 0.2) is 12.1 Å². The van der Waals surface area contributed by atoms with Gasteiger partial charge in [0.2, 0.25) is 0 Å². The Kier molecular flexibility index (Phi) is 4.38. The highest BCUT2D eigenvalue weighted by molar-refractivity contribution is 5.54. The average Bonchev–Trinajstić information content (AvgIpc) is 2.34. The first-order valence-electron chi connectivity index (χ1n) is 5.49. The van der Waals surface area contributed by atoms with E-state index in [4.69, 9.17) is 4.74 Å². The lowest BCUT2D eigenvalue weighted by Gasteiger charge is -2.34. The van der Waals surface area contributed by atoms with Crippen LogP contribution >= 0.6 is 0 Å². The van der Waals surface area contributed by atoms with Crippen molar-refractivity contribution >= 4 is 0 Å². The molecule has 0 unspecified atom stereocenters. The number of hydrogen-bond donors (Lipinski definition) is 1. The second-order valence-corrected chi connectivity index (χ2v) is 4.20. The molecular weight excluding hydrogens is 306 g/mol. The molecule has 0 heterocycles. The molecule has 1 aromatic rings. The predicted molar refractivity (Wildman–Crippen MR) is 60.3 cm³/mol. The van der Waals surface area contributed by atoms with Gasteiger partial charge in [0.15, 0.2) is 11.5 Å². The largest absolute Gasteiger partial charge is 0.493 e. The minimum Gasteiger partial charge on any atom is -0.493 e. The lowest BCUT2D eigenvalue weighted by molar-refractivity contribution is -0.376. The molecule has 0 saturated carbocycles. The third-order valence-electron chi connectivity index (χ3n) is 2.93. The molecule has 0 saturated heterocycles. The number of ether oxygens (including phenoxy) is 2. The van der Waals surface area contributed by atoms with Gasteiger partial charge in [0, 0.05) is 5.56 Å². The topological polar surface area (TPSA) is 38.7 Å². The summed E-state index contributed by atoms with van der Waals surface area (Å²) in [6.07, 6.45) is -12.0. The van der Waals surface area contributed by atoms with Crippen molar-refractivity contribution in [3.8, 4) is 11.5 Å². The molecule has 0 aromatic heterocycles. The van der Waals surface area contributed by atoms with Gasteiger partial charge >= 0.3 is 12.4 Å². The Morgan fingerprint density at radius 2 is 1.29 bits per heavy atom. The van der Waals surface area contributed by atoms with Gasteiger partial charge in [-0.15, -0.1) is 0 Å². The van der Waals surface area contributed by atoms with E-state index >= 15 is 0 Å². The number of benzene rings is 1. The molecule has 21 heavy (non-hydrogen) atoms. The summed E-state index contributed by atoms with van der Waals surface area (Å²) in [4.78, 5) is 0. The van der Waals surface area contributed by atoms with Crippen LogP contribution in [0, 0.1) is 6.92 Å². The maximum Gasteiger partial charge on any atom is 0.430 e. The second kappa shape index (κ2) is 5.28. The smallest absolute Gasteiger partial charge is 0.430 e. The maximum absolute atomic E-state index is 12.9. The number of hydrogen-bond acceptors (Lipinski definition) is 3. The van der Waals surface area contributed by atoms with E-state index in [1.54, 1.807) is 0 Å². The van der Waals surface area contributed by atoms with E-state index < -0.39 is 29.3 Å². The second-order valence-electron chi connectivity index (χ2n) is 4.20. The van der Waals surface area contributed by atoms with Crippen LogP contribution in [0.1, 0.15) is 11.1 Å². The Morgan fingerprint density at radius 3 is 1.62 bits per heavy atom. The van der Waals surface area contributed by atoms with E-state index in [1.165, 1.54) is 6.92 Å².